The highest BCUT2D eigenvalue weighted by molar-refractivity contribution is 8.18. The van der Waals surface area contributed by atoms with E-state index < -0.39 is 17.6 Å². The third kappa shape index (κ3) is 4.03. The van der Waals surface area contributed by atoms with Crippen LogP contribution in [0.4, 0.5) is 17.1 Å². The Balaban J connectivity index is 1.83. The molecule has 1 fully saturated rings. The number of fused-ring (bicyclic) bond motifs is 1. The molecule has 1 saturated heterocycles. The number of ether oxygens (including phenoxy) is 1. The van der Waals surface area contributed by atoms with Crippen LogP contribution >= 0.6 is 11.8 Å². The lowest BCUT2D eigenvalue weighted by atomic mass is 9.83. The number of aliphatic imine (C=N–C) groups is 1. The molecule has 2 aliphatic heterocycles. The monoisotopic (exact) mass is 511 g/mol. The van der Waals surface area contributed by atoms with Gasteiger partial charge in [0.1, 0.15) is 11.0 Å². The number of carbonyl (C=O) groups excluding carboxylic acids is 2. The Morgan fingerprint density at radius 3 is 1.97 bits per heavy atom. The number of Topliss-reactive ketones (excluding diaryl/α,β-unsaturated/α-hetero) is 1. The van der Waals surface area contributed by atoms with Crippen molar-refractivity contribution in [1.82, 2.24) is 0 Å². The Hall–Kier alpha value is -3.84. The van der Waals surface area contributed by atoms with Gasteiger partial charge in [0.15, 0.2) is 11.4 Å². The Bertz CT molecular complexity index is 1340. The molecule has 3 aromatic rings. The number of hydrogen-bond acceptors (Lipinski definition) is 7. The minimum Gasteiger partial charge on any atom is -0.466 e. The van der Waals surface area contributed by atoms with Crippen LogP contribution in [-0.4, -0.2) is 42.7 Å². The standard InChI is InChI=1S/C30H29N3O3S/c1-4-32-23-18-12-13-19-24(23)33(5-2)30(32)27(28(35)21-14-8-6-9-15-21)25(20-26(34)36-3)37-29(30)31-22-16-10-7-11-17-22/h6-20,27H,4-5H2,1-3H3/b25-20-,31-29?. The van der Waals surface area contributed by atoms with Crippen molar-refractivity contribution in [3.05, 3.63) is 101 Å². The topological polar surface area (TPSA) is 62.2 Å². The zero-order valence-electron chi connectivity index (χ0n) is 21.1. The molecule has 6 nitrogen and oxygen atoms in total. The molecule has 0 N–H and O–H groups in total. The highest BCUT2D eigenvalue weighted by Gasteiger charge is 2.64. The molecule has 2 aliphatic rings. The van der Waals surface area contributed by atoms with Gasteiger partial charge in [-0.1, -0.05) is 72.4 Å². The maximum absolute atomic E-state index is 14.4. The summed E-state index contributed by atoms with van der Waals surface area (Å²) in [4.78, 5) is 37.3. The van der Waals surface area contributed by atoms with Crippen LogP contribution in [0.3, 0.4) is 0 Å². The van der Waals surface area contributed by atoms with E-state index in [1.165, 1.54) is 24.9 Å². The molecule has 7 heteroatoms. The predicted molar refractivity (Wildman–Crippen MR) is 151 cm³/mol. The van der Waals surface area contributed by atoms with E-state index in [9.17, 15) is 9.59 Å². The molecule has 0 bridgehead atoms. The van der Waals surface area contributed by atoms with E-state index in [0.29, 0.717) is 23.6 Å². The Morgan fingerprint density at radius 2 is 1.43 bits per heavy atom. The molecule has 1 unspecified atom stereocenters. The van der Waals surface area contributed by atoms with E-state index in [1.807, 2.05) is 72.8 Å². The summed E-state index contributed by atoms with van der Waals surface area (Å²) in [7, 11) is 1.35. The van der Waals surface area contributed by atoms with Gasteiger partial charge in [0.25, 0.3) is 0 Å². The quantitative estimate of drug-likeness (QED) is 0.227. The number of hydrogen-bond donors (Lipinski definition) is 0. The number of thioether (sulfide) groups is 1. The largest absolute Gasteiger partial charge is 0.466 e. The zero-order valence-corrected chi connectivity index (χ0v) is 21.9. The van der Waals surface area contributed by atoms with Crippen molar-refractivity contribution in [3.8, 4) is 0 Å². The van der Waals surface area contributed by atoms with Crippen molar-refractivity contribution in [3.63, 3.8) is 0 Å². The first-order valence-electron chi connectivity index (χ1n) is 12.4. The fourth-order valence-electron chi connectivity index (χ4n) is 5.46. The first-order valence-corrected chi connectivity index (χ1v) is 13.2. The number of rotatable bonds is 6. The summed E-state index contributed by atoms with van der Waals surface area (Å²) >= 11 is 1.39. The fraction of sp³-hybridized carbons (Fsp3) is 0.233. The third-order valence-electron chi connectivity index (χ3n) is 6.90. The van der Waals surface area contributed by atoms with Gasteiger partial charge in [0, 0.05) is 29.6 Å². The molecule has 37 heavy (non-hydrogen) atoms. The summed E-state index contributed by atoms with van der Waals surface area (Å²) in [5.41, 5.74) is 2.52. The van der Waals surface area contributed by atoms with E-state index in [0.717, 1.165) is 22.1 Å². The van der Waals surface area contributed by atoms with E-state index in [4.69, 9.17) is 9.73 Å². The van der Waals surface area contributed by atoms with E-state index in [-0.39, 0.29) is 5.78 Å². The number of esters is 1. The van der Waals surface area contributed by atoms with Crippen LogP contribution in [0.15, 0.2) is 101 Å². The molecule has 3 aromatic carbocycles. The van der Waals surface area contributed by atoms with Crippen LogP contribution in [0.2, 0.25) is 0 Å². The predicted octanol–water partition coefficient (Wildman–Crippen LogP) is 6.08. The van der Waals surface area contributed by atoms with E-state index in [2.05, 4.69) is 35.8 Å². The van der Waals surface area contributed by atoms with Crippen molar-refractivity contribution in [2.45, 2.75) is 19.5 Å². The summed E-state index contributed by atoms with van der Waals surface area (Å²) in [6, 6.07) is 27.2. The van der Waals surface area contributed by atoms with Gasteiger partial charge < -0.3 is 14.5 Å². The van der Waals surface area contributed by atoms with Crippen LogP contribution in [0.1, 0.15) is 24.2 Å². The Labute approximate surface area is 221 Å². The maximum Gasteiger partial charge on any atom is 0.331 e. The number of carbonyl (C=O) groups is 2. The summed E-state index contributed by atoms with van der Waals surface area (Å²) < 4.78 is 5.01. The van der Waals surface area contributed by atoms with Crippen LogP contribution < -0.4 is 9.80 Å². The van der Waals surface area contributed by atoms with E-state index in [1.54, 1.807) is 0 Å². The van der Waals surface area contributed by atoms with Gasteiger partial charge in [-0.05, 0) is 38.1 Å². The minimum atomic E-state index is -0.944. The molecule has 0 radical (unpaired) electrons. The fourth-order valence-corrected chi connectivity index (χ4v) is 6.87. The number of anilines is 2. The first-order chi connectivity index (χ1) is 18.1. The molecule has 0 saturated carbocycles. The van der Waals surface area contributed by atoms with Crippen molar-refractivity contribution in [2.75, 3.05) is 30.0 Å². The molecule has 5 rings (SSSR count). The first kappa shape index (κ1) is 24.8. The lowest BCUT2D eigenvalue weighted by Crippen LogP contribution is -2.65. The number of ketones is 1. The molecule has 1 spiro atoms. The Morgan fingerprint density at radius 1 is 0.892 bits per heavy atom. The minimum absolute atomic E-state index is 0.0637. The number of methoxy groups -OCH3 is 1. The number of nitrogens with zero attached hydrogens (tertiary/aromatic N) is 3. The van der Waals surface area contributed by atoms with Gasteiger partial charge in [-0.25, -0.2) is 9.79 Å². The van der Waals surface area contributed by atoms with Gasteiger partial charge >= 0.3 is 5.97 Å². The average molecular weight is 512 g/mol. The summed E-state index contributed by atoms with van der Waals surface area (Å²) in [5.74, 6) is -1.26. The van der Waals surface area contributed by atoms with Gasteiger partial charge in [0.2, 0.25) is 0 Å². The van der Waals surface area contributed by atoms with Crippen molar-refractivity contribution in [2.24, 2.45) is 10.9 Å². The smallest absolute Gasteiger partial charge is 0.331 e. The zero-order chi connectivity index (χ0) is 26.0. The SMILES string of the molecule is CCN1c2ccccc2N(CC)C12C(=Nc1ccccc1)S/C(=C\C(=O)OC)C2C(=O)c1ccccc1. The van der Waals surface area contributed by atoms with Gasteiger partial charge in [-0.15, -0.1) is 0 Å². The third-order valence-corrected chi connectivity index (χ3v) is 8.08. The number of benzene rings is 3. The second-order valence-corrected chi connectivity index (χ2v) is 9.85. The molecule has 0 aliphatic carbocycles. The lowest BCUT2D eigenvalue weighted by molar-refractivity contribution is -0.134. The summed E-state index contributed by atoms with van der Waals surface area (Å²) in [6.07, 6.45) is 1.45. The van der Waals surface area contributed by atoms with Gasteiger partial charge in [-0.2, -0.15) is 0 Å². The molecular formula is C30H29N3O3S. The highest BCUT2D eigenvalue weighted by atomic mass is 32.2. The van der Waals surface area contributed by atoms with Crippen molar-refractivity contribution >= 4 is 45.6 Å². The average Bonchev–Trinajstić information content (AvgIpc) is 3.40. The second kappa shape index (κ2) is 10.3. The summed E-state index contributed by atoms with van der Waals surface area (Å²) in [5, 5.41) is 0.753. The maximum atomic E-state index is 14.4. The van der Waals surface area contributed by atoms with E-state index >= 15 is 0 Å². The van der Waals surface area contributed by atoms with Crippen LogP contribution in [0.25, 0.3) is 0 Å². The number of para-hydroxylation sites is 3. The molecule has 0 aromatic heterocycles. The molecule has 188 valence electrons. The van der Waals surface area contributed by atoms with Crippen LogP contribution in [0, 0.1) is 5.92 Å². The van der Waals surface area contributed by atoms with Gasteiger partial charge in [-0.3, -0.25) is 4.79 Å². The molecule has 2 heterocycles. The second-order valence-electron chi connectivity index (χ2n) is 8.79. The van der Waals surface area contributed by atoms with Gasteiger partial charge in [0.05, 0.1) is 24.2 Å². The van der Waals surface area contributed by atoms with Crippen molar-refractivity contribution in [1.29, 1.82) is 0 Å². The summed E-state index contributed by atoms with van der Waals surface area (Å²) in [6.45, 7) is 5.47. The molecule has 0 amide bonds. The van der Waals surface area contributed by atoms with Crippen LogP contribution in [0.5, 0.6) is 0 Å². The normalized spacial score (nSPS) is 20.0. The lowest BCUT2D eigenvalue weighted by Gasteiger charge is -2.45. The molecular weight excluding hydrogens is 482 g/mol. The van der Waals surface area contributed by atoms with Crippen LogP contribution in [-0.2, 0) is 9.53 Å². The highest BCUT2D eigenvalue weighted by Crippen LogP contribution is 2.59. The molecule has 1 atom stereocenters. The van der Waals surface area contributed by atoms with Crippen molar-refractivity contribution < 1.29 is 14.3 Å². The Kier molecular flexibility index (Phi) is 6.89.